The summed E-state index contributed by atoms with van der Waals surface area (Å²) < 4.78 is 5.51. The van der Waals surface area contributed by atoms with E-state index in [-0.39, 0.29) is 5.60 Å². The van der Waals surface area contributed by atoms with Gasteiger partial charge >= 0.3 is 0 Å². The average Bonchev–Trinajstić information content (AvgIpc) is 2.59. The lowest BCUT2D eigenvalue weighted by atomic mass is 9.90. The first-order chi connectivity index (χ1) is 8.91. The van der Waals surface area contributed by atoms with Crippen molar-refractivity contribution in [2.24, 2.45) is 5.92 Å². The number of hydrogen-bond acceptors (Lipinski definition) is 3. The van der Waals surface area contributed by atoms with Crippen LogP contribution in [-0.2, 0) is 4.74 Å². The van der Waals surface area contributed by atoms with Crippen molar-refractivity contribution >= 4 is 0 Å². The van der Waals surface area contributed by atoms with Crippen LogP contribution < -0.4 is 5.32 Å². The Morgan fingerprint density at radius 1 is 1.26 bits per heavy atom. The summed E-state index contributed by atoms with van der Waals surface area (Å²) in [5.74, 6) is 0.877. The standard InChI is InChI=1S/C16H32N2O/c1-12(10-16(2,3)19-5)17-11-13-8-14-6-7-15(9-13)18(14)4/h12-15,17H,6-11H2,1-5H3. The molecule has 0 aliphatic carbocycles. The maximum atomic E-state index is 5.51. The number of nitrogens with zero attached hydrogens (tertiary/aromatic N) is 1. The normalized spacial score (nSPS) is 33.6. The Balaban J connectivity index is 1.72. The van der Waals surface area contributed by atoms with Gasteiger partial charge in [-0.05, 0) is 72.4 Å². The monoisotopic (exact) mass is 268 g/mol. The Bertz CT molecular complexity index is 278. The molecule has 3 heteroatoms. The summed E-state index contributed by atoms with van der Waals surface area (Å²) in [6, 6.07) is 2.25. The number of nitrogens with one attached hydrogen (secondary N) is 1. The van der Waals surface area contributed by atoms with E-state index in [0.29, 0.717) is 6.04 Å². The predicted molar refractivity (Wildman–Crippen MR) is 80.5 cm³/mol. The van der Waals surface area contributed by atoms with E-state index >= 15 is 0 Å². The highest BCUT2D eigenvalue weighted by Gasteiger charge is 2.38. The number of methoxy groups -OCH3 is 1. The van der Waals surface area contributed by atoms with Gasteiger partial charge in [-0.25, -0.2) is 0 Å². The second kappa shape index (κ2) is 6.11. The molecule has 19 heavy (non-hydrogen) atoms. The minimum Gasteiger partial charge on any atom is -0.379 e. The van der Waals surface area contributed by atoms with Gasteiger partial charge in [-0.15, -0.1) is 0 Å². The van der Waals surface area contributed by atoms with Crippen LogP contribution in [0.2, 0.25) is 0 Å². The zero-order valence-electron chi connectivity index (χ0n) is 13.4. The number of fused-ring (bicyclic) bond motifs is 2. The van der Waals surface area contributed by atoms with E-state index < -0.39 is 0 Å². The van der Waals surface area contributed by atoms with Crippen molar-refractivity contribution in [2.45, 2.75) is 76.6 Å². The molecular formula is C16H32N2O. The summed E-state index contributed by atoms with van der Waals surface area (Å²) in [4.78, 5) is 2.62. The molecule has 2 fully saturated rings. The lowest BCUT2D eigenvalue weighted by Gasteiger charge is -2.37. The second-order valence-electron chi connectivity index (χ2n) is 7.37. The van der Waals surface area contributed by atoms with Crippen molar-refractivity contribution in [3.05, 3.63) is 0 Å². The predicted octanol–water partition coefficient (Wildman–Crippen LogP) is 2.65. The fraction of sp³-hybridized carbons (Fsp3) is 1.00. The molecule has 3 unspecified atom stereocenters. The van der Waals surface area contributed by atoms with Gasteiger partial charge in [0.25, 0.3) is 0 Å². The third-order valence-corrected chi connectivity index (χ3v) is 5.30. The SMILES string of the molecule is COC(C)(C)CC(C)NCC1CC2CCC(C1)N2C. The molecule has 2 bridgehead atoms. The average molecular weight is 268 g/mol. The third-order valence-electron chi connectivity index (χ3n) is 5.30. The molecule has 0 aromatic carbocycles. The van der Waals surface area contributed by atoms with Gasteiger partial charge < -0.3 is 15.0 Å². The Morgan fingerprint density at radius 2 is 1.84 bits per heavy atom. The molecule has 0 aromatic rings. The quantitative estimate of drug-likeness (QED) is 0.801. The minimum atomic E-state index is -0.0156. The van der Waals surface area contributed by atoms with E-state index in [1.54, 1.807) is 7.11 Å². The molecule has 0 spiro atoms. The molecule has 112 valence electrons. The smallest absolute Gasteiger partial charge is 0.0637 e. The van der Waals surface area contributed by atoms with Gasteiger partial charge in [-0.3, -0.25) is 0 Å². The molecule has 2 saturated heterocycles. The van der Waals surface area contributed by atoms with Crippen LogP contribution in [0, 0.1) is 5.92 Å². The topological polar surface area (TPSA) is 24.5 Å². The molecular weight excluding hydrogens is 236 g/mol. The fourth-order valence-corrected chi connectivity index (χ4v) is 3.95. The summed E-state index contributed by atoms with van der Waals surface area (Å²) >= 11 is 0. The molecule has 0 aromatic heterocycles. The molecule has 0 radical (unpaired) electrons. The molecule has 1 N–H and O–H groups in total. The van der Waals surface area contributed by atoms with Crippen LogP contribution in [0.5, 0.6) is 0 Å². The number of ether oxygens (including phenoxy) is 1. The van der Waals surface area contributed by atoms with Crippen molar-refractivity contribution in [3.8, 4) is 0 Å². The van der Waals surface area contributed by atoms with Gasteiger partial charge in [-0.2, -0.15) is 0 Å². The van der Waals surface area contributed by atoms with Crippen LogP contribution in [0.3, 0.4) is 0 Å². The van der Waals surface area contributed by atoms with Crippen molar-refractivity contribution in [2.75, 3.05) is 20.7 Å². The van der Waals surface area contributed by atoms with Gasteiger partial charge in [0, 0.05) is 25.2 Å². The third kappa shape index (κ3) is 3.93. The summed E-state index contributed by atoms with van der Waals surface area (Å²) in [5.41, 5.74) is -0.0156. The van der Waals surface area contributed by atoms with Crippen molar-refractivity contribution in [1.29, 1.82) is 0 Å². The molecule has 3 nitrogen and oxygen atoms in total. The zero-order chi connectivity index (χ0) is 14.0. The molecule has 0 amide bonds. The van der Waals surface area contributed by atoms with Gasteiger partial charge in [0.2, 0.25) is 0 Å². The Hall–Kier alpha value is -0.120. The van der Waals surface area contributed by atoms with Crippen LogP contribution in [0.4, 0.5) is 0 Å². The van der Waals surface area contributed by atoms with E-state index in [0.717, 1.165) is 24.4 Å². The van der Waals surface area contributed by atoms with Gasteiger partial charge in [0.05, 0.1) is 5.60 Å². The van der Waals surface area contributed by atoms with E-state index in [4.69, 9.17) is 4.74 Å². The minimum absolute atomic E-state index is 0.0156. The molecule has 3 atom stereocenters. The lowest BCUT2D eigenvalue weighted by molar-refractivity contribution is 0.00786. The van der Waals surface area contributed by atoms with Crippen LogP contribution in [-0.4, -0.2) is 49.3 Å². The van der Waals surface area contributed by atoms with Gasteiger partial charge in [-0.1, -0.05) is 0 Å². The highest BCUT2D eigenvalue weighted by atomic mass is 16.5. The van der Waals surface area contributed by atoms with Crippen molar-refractivity contribution in [3.63, 3.8) is 0 Å². The van der Waals surface area contributed by atoms with Crippen LogP contribution in [0.1, 0.15) is 52.9 Å². The summed E-state index contributed by atoms with van der Waals surface area (Å²) in [6.45, 7) is 7.80. The summed E-state index contributed by atoms with van der Waals surface area (Å²) in [6.07, 6.45) is 6.69. The first kappa shape index (κ1) is 15.3. The highest BCUT2D eigenvalue weighted by molar-refractivity contribution is 4.94. The largest absolute Gasteiger partial charge is 0.379 e. The molecule has 2 aliphatic rings. The Morgan fingerprint density at radius 3 is 2.37 bits per heavy atom. The summed E-state index contributed by atoms with van der Waals surface area (Å²) in [7, 11) is 4.12. The Kier molecular flexibility index (Phi) is 4.91. The maximum absolute atomic E-state index is 5.51. The van der Waals surface area contributed by atoms with E-state index in [2.05, 4.69) is 38.0 Å². The fourth-order valence-electron chi connectivity index (χ4n) is 3.95. The molecule has 0 saturated carbocycles. The van der Waals surface area contributed by atoms with Crippen molar-refractivity contribution < 1.29 is 4.74 Å². The first-order valence-electron chi connectivity index (χ1n) is 7.92. The van der Waals surface area contributed by atoms with E-state index in [1.165, 1.54) is 32.2 Å². The van der Waals surface area contributed by atoms with Crippen LogP contribution in [0.25, 0.3) is 0 Å². The lowest BCUT2D eigenvalue weighted by Crippen LogP contribution is -2.44. The van der Waals surface area contributed by atoms with Crippen LogP contribution >= 0.6 is 0 Å². The maximum Gasteiger partial charge on any atom is 0.0637 e. The van der Waals surface area contributed by atoms with Gasteiger partial charge in [0.1, 0.15) is 0 Å². The Labute approximate surface area is 119 Å². The molecule has 2 heterocycles. The van der Waals surface area contributed by atoms with E-state index in [9.17, 15) is 0 Å². The second-order valence-corrected chi connectivity index (χ2v) is 7.37. The number of piperidine rings is 1. The van der Waals surface area contributed by atoms with E-state index in [1.807, 2.05) is 0 Å². The number of rotatable bonds is 6. The highest BCUT2D eigenvalue weighted by Crippen LogP contribution is 2.37. The number of hydrogen-bond donors (Lipinski definition) is 1. The molecule has 2 rings (SSSR count). The zero-order valence-corrected chi connectivity index (χ0v) is 13.4. The van der Waals surface area contributed by atoms with Crippen LogP contribution in [0.15, 0.2) is 0 Å². The summed E-state index contributed by atoms with van der Waals surface area (Å²) in [5, 5.41) is 3.73. The van der Waals surface area contributed by atoms with Crippen molar-refractivity contribution in [1.82, 2.24) is 10.2 Å². The molecule has 2 aliphatic heterocycles. The first-order valence-corrected chi connectivity index (χ1v) is 7.92. The van der Waals surface area contributed by atoms with Gasteiger partial charge in [0.15, 0.2) is 0 Å².